The molecular formula is C14H22N2O3. The second-order valence-corrected chi connectivity index (χ2v) is 6.07. The molecule has 3 unspecified atom stereocenters. The molecular weight excluding hydrogens is 244 g/mol. The minimum atomic E-state index is -0.411. The van der Waals surface area contributed by atoms with Crippen molar-refractivity contribution >= 4 is 11.8 Å². The number of likely N-dealkylation sites (tertiary alicyclic amines) is 1. The summed E-state index contributed by atoms with van der Waals surface area (Å²) in [6, 6.07) is -0.292. The Morgan fingerprint density at radius 2 is 1.79 bits per heavy atom. The van der Waals surface area contributed by atoms with E-state index in [9.17, 15) is 14.7 Å². The molecule has 0 bridgehead atoms. The zero-order valence-corrected chi connectivity index (χ0v) is 11.2. The summed E-state index contributed by atoms with van der Waals surface area (Å²) in [4.78, 5) is 25.5. The summed E-state index contributed by atoms with van der Waals surface area (Å²) in [6.07, 6.45) is 6.73. The molecule has 0 aromatic carbocycles. The Morgan fingerprint density at radius 3 is 2.53 bits per heavy atom. The molecule has 1 heterocycles. The minimum absolute atomic E-state index is 0.0385. The van der Waals surface area contributed by atoms with Gasteiger partial charge in [-0.15, -0.1) is 0 Å². The van der Waals surface area contributed by atoms with E-state index in [2.05, 4.69) is 5.32 Å². The smallest absolute Gasteiger partial charge is 0.247 e. The van der Waals surface area contributed by atoms with Gasteiger partial charge in [-0.05, 0) is 25.7 Å². The van der Waals surface area contributed by atoms with Crippen LogP contribution in [0, 0.1) is 0 Å². The molecule has 1 saturated heterocycles. The molecule has 2 aliphatic carbocycles. The number of aliphatic hydroxyl groups excluding tert-OH is 1. The highest BCUT2D eigenvalue weighted by Crippen LogP contribution is 2.32. The van der Waals surface area contributed by atoms with E-state index in [1.165, 1.54) is 4.90 Å². The van der Waals surface area contributed by atoms with Gasteiger partial charge in [-0.3, -0.25) is 14.5 Å². The van der Waals surface area contributed by atoms with Crippen molar-refractivity contribution in [2.45, 2.75) is 75.6 Å². The Labute approximate surface area is 113 Å². The highest BCUT2D eigenvalue weighted by molar-refractivity contribution is 6.06. The number of amides is 2. The SMILES string of the molecule is O=C1CC(NC2CCCCCC2O)C(=O)N1C1CC1. The molecule has 2 saturated carbocycles. The molecule has 19 heavy (non-hydrogen) atoms. The predicted octanol–water partition coefficient (Wildman–Crippen LogP) is 0.559. The van der Waals surface area contributed by atoms with Crippen LogP contribution in [0.25, 0.3) is 0 Å². The van der Waals surface area contributed by atoms with Crippen molar-refractivity contribution in [2.24, 2.45) is 0 Å². The number of hydrogen-bond acceptors (Lipinski definition) is 4. The number of hydrogen-bond donors (Lipinski definition) is 2. The highest BCUT2D eigenvalue weighted by atomic mass is 16.3. The summed E-state index contributed by atoms with van der Waals surface area (Å²) in [5.74, 6) is -0.128. The average molecular weight is 266 g/mol. The van der Waals surface area contributed by atoms with Crippen LogP contribution < -0.4 is 5.32 Å². The lowest BCUT2D eigenvalue weighted by atomic mass is 10.0. The van der Waals surface area contributed by atoms with Crippen molar-refractivity contribution in [1.82, 2.24) is 10.2 Å². The van der Waals surface area contributed by atoms with E-state index < -0.39 is 6.04 Å². The van der Waals surface area contributed by atoms with Crippen molar-refractivity contribution < 1.29 is 14.7 Å². The quantitative estimate of drug-likeness (QED) is 0.578. The normalized spacial score (nSPS) is 36.7. The van der Waals surface area contributed by atoms with E-state index in [-0.39, 0.29) is 36.4 Å². The topological polar surface area (TPSA) is 69.6 Å². The van der Waals surface area contributed by atoms with Gasteiger partial charge < -0.3 is 10.4 Å². The first-order chi connectivity index (χ1) is 9.16. The monoisotopic (exact) mass is 266 g/mol. The first-order valence-electron chi connectivity index (χ1n) is 7.47. The summed E-state index contributed by atoms with van der Waals surface area (Å²) in [6.45, 7) is 0. The highest BCUT2D eigenvalue weighted by Gasteiger charge is 2.46. The number of carbonyl (C=O) groups is 2. The van der Waals surface area contributed by atoms with E-state index >= 15 is 0 Å². The lowest BCUT2D eigenvalue weighted by molar-refractivity contribution is -0.139. The zero-order valence-electron chi connectivity index (χ0n) is 11.2. The van der Waals surface area contributed by atoms with E-state index in [4.69, 9.17) is 0 Å². The Balaban J connectivity index is 1.63. The molecule has 0 radical (unpaired) electrons. The molecule has 106 valence electrons. The fourth-order valence-electron chi connectivity index (χ4n) is 3.24. The minimum Gasteiger partial charge on any atom is -0.392 e. The van der Waals surface area contributed by atoms with Gasteiger partial charge in [-0.1, -0.05) is 19.3 Å². The van der Waals surface area contributed by atoms with Crippen LogP contribution >= 0.6 is 0 Å². The molecule has 1 aliphatic heterocycles. The second-order valence-electron chi connectivity index (χ2n) is 6.07. The van der Waals surface area contributed by atoms with Crippen LogP contribution in [0.4, 0.5) is 0 Å². The van der Waals surface area contributed by atoms with Gasteiger partial charge in [0.15, 0.2) is 0 Å². The first kappa shape index (κ1) is 13.1. The fraction of sp³-hybridized carbons (Fsp3) is 0.857. The van der Waals surface area contributed by atoms with Gasteiger partial charge in [0.25, 0.3) is 0 Å². The lowest BCUT2D eigenvalue weighted by Gasteiger charge is -2.24. The maximum Gasteiger partial charge on any atom is 0.247 e. The van der Waals surface area contributed by atoms with E-state index in [0.29, 0.717) is 0 Å². The number of nitrogens with one attached hydrogen (secondary N) is 1. The number of aliphatic hydroxyl groups is 1. The van der Waals surface area contributed by atoms with Gasteiger partial charge in [0, 0.05) is 12.1 Å². The molecule has 0 aromatic rings. The predicted molar refractivity (Wildman–Crippen MR) is 69.3 cm³/mol. The number of nitrogens with zero attached hydrogens (tertiary/aromatic N) is 1. The van der Waals surface area contributed by atoms with Crippen molar-refractivity contribution in [3.8, 4) is 0 Å². The third kappa shape index (κ3) is 2.67. The molecule has 5 heteroatoms. The maximum atomic E-state index is 12.2. The summed E-state index contributed by atoms with van der Waals surface area (Å²) in [7, 11) is 0. The van der Waals surface area contributed by atoms with Gasteiger partial charge in [-0.25, -0.2) is 0 Å². The fourth-order valence-corrected chi connectivity index (χ4v) is 3.24. The molecule has 3 fully saturated rings. The van der Waals surface area contributed by atoms with Crippen molar-refractivity contribution in [3.63, 3.8) is 0 Å². The molecule has 5 nitrogen and oxygen atoms in total. The van der Waals surface area contributed by atoms with Crippen LogP contribution in [0.1, 0.15) is 51.4 Å². The van der Waals surface area contributed by atoms with Crippen LogP contribution in [0.15, 0.2) is 0 Å². The third-order valence-corrected chi connectivity index (χ3v) is 4.49. The Bertz CT molecular complexity index is 381. The van der Waals surface area contributed by atoms with E-state index in [0.717, 1.165) is 44.9 Å². The maximum absolute atomic E-state index is 12.2. The molecule has 2 amide bonds. The van der Waals surface area contributed by atoms with Gasteiger partial charge in [0.1, 0.15) is 0 Å². The average Bonchev–Trinajstić information content (AvgIpc) is 3.16. The summed E-state index contributed by atoms with van der Waals surface area (Å²) in [5.41, 5.74) is 0. The van der Waals surface area contributed by atoms with Gasteiger partial charge in [0.05, 0.1) is 18.6 Å². The lowest BCUT2D eigenvalue weighted by Crippen LogP contribution is -2.48. The third-order valence-electron chi connectivity index (χ3n) is 4.49. The standard InChI is InChI=1S/C14H22N2O3/c17-12-5-3-1-2-4-10(12)15-11-8-13(18)16(14(11)19)9-6-7-9/h9-12,15,17H,1-8H2. The second kappa shape index (κ2) is 5.21. The largest absolute Gasteiger partial charge is 0.392 e. The van der Waals surface area contributed by atoms with Crippen LogP contribution in [-0.4, -0.2) is 46.1 Å². The Hall–Kier alpha value is -0.940. The van der Waals surface area contributed by atoms with Crippen LogP contribution in [0.2, 0.25) is 0 Å². The van der Waals surface area contributed by atoms with E-state index in [1.807, 2.05) is 0 Å². The molecule has 0 aromatic heterocycles. The number of carbonyl (C=O) groups excluding carboxylic acids is 2. The molecule has 0 spiro atoms. The zero-order chi connectivity index (χ0) is 13.4. The van der Waals surface area contributed by atoms with E-state index in [1.54, 1.807) is 0 Å². The summed E-state index contributed by atoms with van der Waals surface area (Å²) in [5, 5.41) is 13.3. The number of rotatable bonds is 3. The Morgan fingerprint density at radius 1 is 1.05 bits per heavy atom. The van der Waals surface area contributed by atoms with Crippen LogP contribution in [-0.2, 0) is 9.59 Å². The molecule has 2 N–H and O–H groups in total. The van der Waals surface area contributed by atoms with Crippen LogP contribution in [0.3, 0.4) is 0 Å². The van der Waals surface area contributed by atoms with Crippen LogP contribution in [0.5, 0.6) is 0 Å². The number of imide groups is 1. The molecule has 3 rings (SSSR count). The van der Waals surface area contributed by atoms with Gasteiger partial charge in [0.2, 0.25) is 11.8 Å². The van der Waals surface area contributed by atoms with Crippen molar-refractivity contribution in [2.75, 3.05) is 0 Å². The van der Waals surface area contributed by atoms with Crippen molar-refractivity contribution in [3.05, 3.63) is 0 Å². The first-order valence-corrected chi connectivity index (χ1v) is 7.47. The van der Waals surface area contributed by atoms with Gasteiger partial charge in [-0.2, -0.15) is 0 Å². The molecule has 3 atom stereocenters. The Kier molecular flexibility index (Phi) is 3.58. The summed E-state index contributed by atoms with van der Waals surface area (Å²) < 4.78 is 0. The van der Waals surface area contributed by atoms with Gasteiger partial charge >= 0.3 is 0 Å². The summed E-state index contributed by atoms with van der Waals surface area (Å²) >= 11 is 0. The molecule has 3 aliphatic rings. The van der Waals surface area contributed by atoms with Crippen molar-refractivity contribution in [1.29, 1.82) is 0 Å².